The lowest BCUT2D eigenvalue weighted by molar-refractivity contribution is 0.264. The van der Waals surface area contributed by atoms with Crippen molar-refractivity contribution >= 4 is 11.4 Å². The second-order valence-electron chi connectivity index (χ2n) is 13.6. The van der Waals surface area contributed by atoms with Crippen LogP contribution in [0, 0.1) is 5.92 Å². The number of hydrogen-bond donors (Lipinski definition) is 2. The van der Waals surface area contributed by atoms with Gasteiger partial charge in [-0.25, -0.2) is 0 Å². The van der Waals surface area contributed by atoms with E-state index in [1.54, 1.807) is 0 Å². The van der Waals surface area contributed by atoms with Crippen LogP contribution in [-0.4, -0.2) is 0 Å². The van der Waals surface area contributed by atoms with E-state index in [9.17, 15) is 0 Å². The maximum Gasteiger partial charge on any atom is 0.127 e. The lowest BCUT2D eigenvalue weighted by atomic mass is 9.62. The number of benzene rings is 5. The van der Waals surface area contributed by atoms with E-state index in [4.69, 9.17) is 20.9 Å². The molecular formula is C44H50N2O2. The van der Waals surface area contributed by atoms with Crippen molar-refractivity contribution in [1.82, 2.24) is 0 Å². The van der Waals surface area contributed by atoms with Crippen molar-refractivity contribution < 1.29 is 9.47 Å². The van der Waals surface area contributed by atoms with Gasteiger partial charge in [0.05, 0.1) is 0 Å². The second-order valence-corrected chi connectivity index (χ2v) is 13.6. The predicted molar refractivity (Wildman–Crippen MR) is 200 cm³/mol. The van der Waals surface area contributed by atoms with Crippen molar-refractivity contribution in [2.45, 2.75) is 83.0 Å². The topological polar surface area (TPSA) is 70.5 Å². The number of aryl methyl sites for hydroxylation is 1. The van der Waals surface area contributed by atoms with Crippen molar-refractivity contribution in [2.75, 3.05) is 11.5 Å². The Labute approximate surface area is 287 Å². The molecule has 0 heterocycles. The van der Waals surface area contributed by atoms with Gasteiger partial charge >= 0.3 is 0 Å². The Morgan fingerprint density at radius 2 is 0.938 bits per heavy atom. The zero-order valence-corrected chi connectivity index (χ0v) is 28.4. The first-order valence-corrected chi connectivity index (χ1v) is 17.8. The summed E-state index contributed by atoms with van der Waals surface area (Å²) < 4.78 is 12.3. The van der Waals surface area contributed by atoms with Crippen LogP contribution in [0.3, 0.4) is 0 Å². The van der Waals surface area contributed by atoms with Crippen LogP contribution in [0.4, 0.5) is 11.4 Å². The van der Waals surface area contributed by atoms with Crippen molar-refractivity contribution in [3.8, 4) is 23.0 Å². The van der Waals surface area contributed by atoms with E-state index in [0.29, 0.717) is 5.92 Å². The highest BCUT2D eigenvalue weighted by molar-refractivity contribution is 5.47. The molecule has 1 saturated carbocycles. The van der Waals surface area contributed by atoms with E-state index < -0.39 is 0 Å². The largest absolute Gasteiger partial charge is 0.457 e. The number of unbranched alkanes of at least 4 members (excludes halogenated alkanes) is 4. The predicted octanol–water partition coefficient (Wildman–Crippen LogP) is 11.7. The number of hydrogen-bond acceptors (Lipinski definition) is 4. The van der Waals surface area contributed by atoms with Gasteiger partial charge < -0.3 is 20.9 Å². The average Bonchev–Trinajstić information content (AvgIpc) is 3.12. The van der Waals surface area contributed by atoms with Crippen LogP contribution in [0.2, 0.25) is 0 Å². The van der Waals surface area contributed by atoms with Gasteiger partial charge in [-0.05, 0) is 146 Å². The van der Waals surface area contributed by atoms with Gasteiger partial charge in [0.2, 0.25) is 0 Å². The van der Waals surface area contributed by atoms with Gasteiger partial charge in [-0.2, -0.15) is 0 Å². The molecule has 5 aromatic carbocycles. The molecule has 1 fully saturated rings. The average molecular weight is 639 g/mol. The molecule has 4 nitrogen and oxygen atoms in total. The van der Waals surface area contributed by atoms with Crippen molar-refractivity contribution in [1.29, 1.82) is 0 Å². The molecule has 4 N–H and O–H groups in total. The smallest absolute Gasteiger partial charge is 0.127 e. The molecule has 0 unspecified atom stereocenters. The van der Waals surface area contributed by atoms with Crippen LogP contribution >= 0.6 is 0 Å². The fourth-order valence-corrected chi connectivity index (χ4v) is 7.25. The van der Waals surface area contributed by atoms with Crippen LogP contribution in [0.1, 0.15) is 87.0 Å². The zero-order chi connectivity index (χ0) is 33.2. The number of rotatable bonds is 14. The summed E-state index contributed by atoms with van der Waals surface area (Å²) in [6.07, 6.45) is 13.6. The Morgan fingerprint density at radius 1 is 0.521 bits per heavy atom. The third kappa shape index (κ3) is 8.60. The summed E-state index contributed by atoms with van der Waals surface area (Å²) in [6.45, 7) is 2.28. The Hall–Kier alpha value is -4.70. The SMILES string of the molecule is CCCCCCCc1ccc(CC2CCC(c3ccc(Oc4ccc(N)cc4)cc3)(c3ccc(Oc4ccc(N)cc4)cc3)CC2)cc1. The van der Waals surface area contributed by atoms with Crippen LogP contribution in [0.15, 0.2) is 121 Å². The molecule has 0 aliphatic heterocycles. The molecule has 1 aliphatic carbocycles. The van der Waals surface area contributed by atoms with Crippen molar-refractivity contribution in [3.63, 3.8) is 0 Å². The van der Waals surface area contributed by atoms with E-state index in [0.717, 1.165) is 53.6 Å². The normalized spacial score (nSPS) is 14.4. The lowest BCUT2D eigenvalue weighted by Crippen LogP contribution is -2.33. The van der Waals surface area contributed by atoms with Gasteiger partial charge in [-0.1, -0.05) is 81.1 Å². The Kier molecular flexibility index (Phi) is 11.0. The van der Waals surface area contributed by atoms with E-state index >= 15 is 0 Å². The van der Waals surface area contributed by atoms with Crippen molar-refractivity contribution in [3.05, 3.63) is 144 Å². The second kappa shape index (κ2) is 15.9. The maximum atomic E-state index is 6.14. The molecule has 5 aromatic rings. The highest BCUT2D eigenvalue weighted by Gasteiger charge is 2.38. The Bertz CT molecular complexity index is 1590. The lowest BCUT2D eigenvalue weighted by Gasteiger charge is -2.41. The molecule has 0 bridgehead atoms. The van der Waals surface area contributed by atoms with Gasteiger partial charge in [0.15, 0.2) is 0 Å². The summed E-state index contributed by atoms with van der Waals surface area (Å²) in [4.78, 5) is 0. The van der Waals surface area contributed by atoms with E-state index in [2.05, 4.69) is 79.7 Å². The minimum Gasteiger partial charge on any atom is -0.457 e. The van der Waals surface area contributed by atoms with Gasteiger partial charge in [-0.3, -0.25) is 0 Å². The van der Waals surface area contributed by atoms with Crippen LogP contribution in [0.5, 0.6) is 23.0 Å². The number of nitrogen functional groups attached to an aromatic ring is 2. The first-order chi connectivity index (χ1) is 23.5. The Balaban J connectivity index is 1.16. The summed E-state index contributed by atoms with van der Waals surface area (Å²) in [7, 11) is 0. The summed E-state index contributed by atoms with van der Waals surface area (Å²) >= 11 is 0. The summed E-state index contributed by atoms with van der Waals surface area (Å²) in [5.74, 6) is 3.89. The molecule has 0 aromatic heterocycles. The molecule has 0 atom stereocenters. The third-order valence-electron chi connectivity index (χ3n) is 10.1. The molecule has 0 spiro atoms. The standard InChI is InChI=1S/C44H50N2O2/c1-2-3-4-5-6-7-33-8-10-34(11-9-33)32-35-28-30-44(31-29-35,36-12-20-40(21-13-36)47-42-24-16-38(45)17-25-42)37-14-22-41(23-15-37)48-43-26-18-39(46)19-27-43/h8-27,35H,2-7,28-32,45-46H2,1H3. The van der Waals surface area contributed by atoms with Gasteiger partial charge in [0, 0.05) is 16.8 Å². The molecule has 6 rings (SSSR count). The molecular weight excluding hydrogens is 588 g/mol. The number of nitrogens with two attached hydrogens (primary N) is 2. The molecule has 48 heavy (non-hydrogen) atoms. The van der Waals surface area contributed by atoms with Crippen LogP contribution in [0.25, 0.3) is 0 Å². The van der Waals surface area contributed by atoms with E-state index in [1.165, 1.54) is 73.6 Å². The summed E-state index contributed by atoms with van der Waals surface area (Å²) in [5.41, 5.74) is 18.7. The minimum atomic E-state index is -0.0718. The van der Waals surface area contributed by atoms with Crippen LogP contribution < -0.4 is 20.9 Å². The third-order valence-corrected chi connectivity index (χ3v) is 10.1. The highest BCUT2D eigenvalue weighted by Crippen LogP contribution is 2.48. The quantitative estimate of drug-likeness (QED) is 0.0938. The number of ether oxygens (including phenoxy) is 2. The fourth-order valence-electron chi connectivity index (χ4n) is 7.25. The zero-order valence-electron chi connectivity index (χ0n) is 28.4. The number of anilines is 2. The maximum absolute atomic E-state index is 6.14. The van der Waals surface area contributed by atoms with E-state index in [-0.39, 0.29) is 5.41 Å². The van der Waals surface area contributed by atoms with Gasteiger partial charge in [0.1, 0.15) is 23.0 Å². The van der Waals surface area contributed by atoms with Crippen molar-refractivity contribution in [2.24, 2.45) is 5.92 Å². The van der Waals surface area contributed by atoms with Gasteiger partial charge in [-0.15, -0.1) is 0 Å². The monoisotopic (exact) mass is 638 g/mol. The molecule has 0 saturated heterocycles. The van der Waals surface area contributed by atoms with Crippen LogP contribution in [-0.2, 0) is 18.3 Å². The molecule has 4 heteroatoms. The first kappa shape index (κ1) is 33.2. The molecule has 0 amide bonds. The Morgan fingerprint density at radius 3 is 1.40 bits per heavy atom. The fraction of sp³-hybridized carbons (Fsp3) is 0.318. The van der Waals surface area contributed by atoms with E-state index in [1.807, 2.05) is 48.5 Å². The highest BCUT2D eigenvalue weighted by atomic mass is 16.5. The van der Waals surface area contributed by atoms with Gasteiger partial charge in [0.25, 0.3) is 0 Å². The molecule has 0 radical (unpaired) electrons. The molecule has 248 valence electrons. The summed E-state index contributed by atoms with van der Waals surface area (Å²) in [5, 5.41) is 0. The molecule has 1 aliphatic rings. The summed E-state index contributed by atoms with van der Waals surface area (Å²) in [6, 6.07) is 42.0. The first-order valence-electron chi connectivity index (χ1n) is 17.8. The minimum absolute atomic E-state index is 0.0718.